The number of hydrogen-bond donors (Lipinski definition) is 0. The lowest BCUT2D eigenvalue weighted by Crippen LogP contribution is -2.27. The quantitative estimate of drug-likeness (QED) is 0.407. The standard InChI is InChI=1S/C26H26ClFN4O/c1-16(2)26-29-10-9-22(31-26)23-12-24(21(27)13-30-23)32-14-17(3)25(11-18(32)4)33-15-19-5-7-20(28)8-6-19/h5-13,16H,14-15H2,1-4H3. The lowest BCUT2D eigenvalue weighted by Gasteiger charge is -2.31. The van der Waals surface area contributed by atoms with E-state index >= 15 is 0 Å². The van der Waals surface area contributed by atoms with Crippen molar-refractivity contribution in [3.63, 3.8) is 0 Å². The summed E-state index contributed by atoms with van der Waals surface area (Å²) in [6.45, 7) is 9.18. The van der Waals surface area contributed by atoms with E-state index in [1.165, 1.54) is 12.1 Å². The van der Waals surface area contributed by atoms with E-state index < -0.39 is 0 Å². The first-order valence-electron chi connectivity index (χ1n) is 10.8. The Morgan fingerprint density at radius 2 is 1.85 bits per heavy atom. The Kier molecular flexibility index (Phi) is 6.75. The fourth-order valence-electron chi connectivity index (χ4n) is 3.58. The van der Waals surface area contributed by atoms with Gasteiger partial charge in [0.25, 0.3) is 0 Å². The van der Waals surface area contributed by atoms with Gasteiger partial charge in [0.05, 0.1) is 22.1 Å². The molecule has 0 spiro atoms. The number of rotatable bonds is 6. The van der Waals surface area contributed by atoms with Crippen LogP contribution in [-0.2, 0) is 11.3 Å². The van der Waals surface area contributed by atoms with Crippen LogP contribution in [0.25, 0.3) is 11.4 Å². The molecule has 0 fully saturated rings. The Morgan fingerprint density at radius 1 is 1.09 bits per heavy atom. The van der Waals surface area contributed by atoms with Crippen molar-refractivity contribution in [1.82, 2.24) is 15.0 Å². The SMILES string of the molecule is CC1=CC(OCc2ccc(F)cc2)=C(C)CN1c1cc(-c2ccnc(C(C)C)n2)ncc1Cl. The van der Waals surface area contributed by atoms with Crippen molar-refractivity contribution >= 4 is 17.3 Å². The van der Waals surface area contributed by atoms with E-state index in [0.29, 0.717) is 18.2 Å². The molecule has 1 aliphatic heterocycles. The van der Waals surface area contributed by atoms with Crippen LogP contribution >= 0.6 is 11.6 Å². The van der Waals surface area contributed by atoms with Gasteiger partial charge in [-0.2, -0.15) is 0 Å². The van der Waals surface area contributed by atoms with Gasteiger partial charge < -0.3 is 9.64 Å². The van der Waals surface area contributed by atoms with Crippen LogP contribution in [0.2, 0.25) is 5.02 Å². The molecule has 0 saturated carbocycles. The minimum absolute atomic E-state index is 0.227. The molecule has 3 heterocycles. The number of allylic oxidation sites excluding steroid dienone is 2. The van der Waals surface area contributed by atoms with Gasteiger partial charge in [-0.25, -0.2) is 14.4 Å². The normalized spacial score (nSPS) is 14.0. The second-order valence-corrected chi connectivity index (χ2v) is 8.81. The molecule has 0 unspecified atom stereocenters. The highest BCUT2D eigenvalue weighted by atomic mass is 35.5. The van der Waals surface area contributed by atoms with Gasteiger partial charge in [0.2, 0.25) is 0 Å². The van der Waals surface area contributed by atoms with Gasteiger partial charge in [-0.3, -0.25) is 4.98 Å². The molecule has 5 nitrogen and oxygen atoms in total. The first kappa shape index (κ1) is 22.9. The van der Waals surface area contributed by atoms with Gasteiger partial charge in [0.15, 0.2) is 0 Å². The Hall–Kier alpha value is -3.25. The van der Waals surface area contributed by atoms with Crippen molar-refractivity contribution < 1.29 is 9.13 Å². The molecule has 0 amide bonds. The first-order chi connectivity index (χ1) is 15.8. The Morgan fingerprint density at radius 3 is 2.58 bits per heavy atom. The summed E-state index contributed by atoms with van der Waals surface area (Å²) in [5.41, 5.74) is 5.35. The van der Waals surface area contributed by atoms with Crippen molar-refractivity contribution in [3.05, 3.63) is 94.1 Å². The third-order valence-electron chi connectivity index (χ3n) is 5.47. The van der Waals surface area contributed by atoms with Crippen LogP contribution in [0.4, 0.5) is 10.1 Å². The zero-order valence-electron chi connectivity index (χ0n) is 19.1. The van der Waals surface area contributed by atoms with E-state index in [9.17, 15) is 4.39 Å². The van der Waals surface area contributed by atoms with Crippen molar-refractivity contribution in [3.8, 4) is 11.4 Å². The van der Waals surface area contributed by atoms with Crippen LogP contribution in [0.3, 0.4) is 0 Å². The summed E-state index contributed by atoms with van der Waals surface area (Å²) in [5.74, 6) is 1.57. The fourth-order valence-corrected chi connectivity index (χ4v) is 3.79. The summed E-state index contributed by atoms with van der Waals surface area (Å²) in [5, 5.41) is 0.563. The van der Waals surface area contributed by atoms with Gasteiger partial charge in [-0.1, -0.05) is 37.6 Å². The molecule has 0 saturated heterocycles. The molecule has 4 rings (SSSR count). The minimum Gasteiger partial charge on any atom is -0.489 e. The Labute approximate surface area is 198 Å². The third-order valence-corrected chi connectivity index (χ3v) is 5.76. The third kappa shape index (κ3) is 5.22. The Bertz CT molecular complexity index is 1220. The summed E-state index contributed by atoms with van der Waals surface area (Å²) in [4.78, 5) is 15.6. The average Bonchev–Trinajstić information content (AvgIpc) is 2.81. The van der Waals surface area contributed by atoms with E-state index in [-0.39, 0.29) is 11.7 Å². The number of nitrogens with zero attached hydrogens (tertiary/aromatic N) is 4. The van der Waals surface area contributed by atoms with E-state index in [1.54, 1.807) is 24.5 Å². The van der Waals surface area contributed by atoms with Gasteiger partial charge in [0, 0.05) is 30.6 Å². The molecule has 7 heteroatoms. The fraction of sp³-hybridized carbons (Fsp3) is 0.269. The summed E-state index contributed by atoms with van der Waals surface area (Å²) < 4.78 is 19.2. The van der Waals surface area contributed by atoms with Crippen molar-refractivity contribution in [2.45, 2.75) is 40.2 Å². The predicted octanol–water partition coefficient (Wildman–Crippen LogP) is 6.67. The average molecular weight is 465 g/mol. The van der Waals surface area contributed by atoms with E-state index in [0.717, 1.165) is 45.5 Å². The van der Waals surface area contributed by atoms with Gasteiger partial charge in [-0.15, -0.1) is 0 Å². The summed E-state index contributed by atoms with van der Waals surface area (Å²) >= 11 is 6.56. The first-order valence-corrected chi connectivity index (χ1v) is 11.2. The lowest BCUT2D eigenvalue weighted by atomic mass is 10.1. The molecule has 1 aromatic carbocycles. The zero-order valence-corrected chi connectivity index (χ0v) is 19.9. The van der Waals surface area contributed by atoms with Crippen LogP contribution in [0, 0.1) is 5.82 Å². The topological polar surface area (TPSA) is 51.1 Å². The monoisotopic (exact) mass is 464 g/mol. The molecule has 0 aliphatic carbocycles. The molecule has 0 atom stereocenters. The highest BCUT2D eigenvalue weighted by Crippen LogP contribution is 2.34. The van der Waals surface area contributed by atoms with Gasteiger partial charge in [-0.05, 0) is 55.3 Å². The number of anilines is 1. The maximum atomic E-state index is 13.1. The number of ether oxygens (including phenoxy) is 1. The number of benzene rings is 1. The second-order valence-electron chi connectivity index (χ2n) is 8.41. The lowest BCUT2D eigenvalue weighted by molar-refractivity contribution is 0.206. The number of hydrogen-bond acceptors (Lipinski definition) is 5. The van der Waals surface area contributed by atoms with Crippen LogP contribution in [0.15, 0.2) is 71.9 Å². The van der Waals surface area contributed by atoms with Crippen molar-refractivity contribution in [2.24, 2.45) is 0 Å². The maximum absolute atomic E-state index is 13.1. The van der Waals surface area contributed by atoms with E-state index in [1.807, 2.05) is 32.1 Å². The number of halogens is 2. The second kappa shape index (κ2) is 9.71. The van der Waals surface area contributed by atoms with E-state index in [4.69, 9.17) is 16.3 Å². The van der Waals surface area contributed by atoms with Crippen LogP contribution in [0.5, 0.6) is 0 Å². The molecule has 1 aliphatic rings. The van der Waals surface area contributed by atoms with Crippen LogP contribution in [-0.4, -0.2) is 21.5 Å². The number of aromatic nitrogens is 3. The highest BCUT2D eigenvalue weighted by Gasteiger charge is 2.21. The van der Waals surface area contributed by atoms with E-state index in [2.05, 4.69) is 33.7 Å². The predicted molar refractivity (Wildman–Crippen MR) is 129 cm³/mol. The molecule has 0 radical (unpaired) electrons. The molecular weight excluding hydrogens is 439 g/mol. The van der Waals surface area contributed by atoms with Gasteiger partial charge in [0.1, 0.15) is 24.0 Å². The summed E-state index contributed by atoms with van der Waals surface area (Å²) in [7, 11) is 0. The minimum atomic E-state index is -0.255. The molecule has 0 N–H and O–H groups in total. The van der Waals surface area contributed by atoms with Crippen molar-refractivity contribution in [2.75, 3.05) is 11.4 Å². The zero-order chi connectivity index (χ0) is 23.5. The molecule has 0 bridgehead atoms. The highest BCUT2D eigenvalue weighted by molar-refractivity contribution is 6.33. The molecule has 3 aromatic rings. The van der Waals surface area contributed by atoms with Crippen LogP contribution < -0.4 is 4.90 Å². The largest absolute Gasteiger partial charge is 0.489 e. The van der Waals surface area contributed by atoms with Crippen LogP contribution in [0.1, 0.15) is 45.0 Å². The molecule has 170 valence electrons. The van der Waals surface area contributed by atoms with Gasteiger partial charge >= 0.3 is 0 Å². The molecule has 33 heavy (non-hydrogen) atoms. The maximum Gasteiger partial charge on any atom is 0.131 e. The smallest absolute Gasteiger partial charge is 0.131 e. The van der Waals surface area contributed by atoms with Crippen molar-refractivity contribution in [1.29, 1.82) is 0 Å². The molecular formula is C26H26ClFN4O. The summed E-state index contributed by atoms with van der Waals surface area (Å²) in [6.07, 6.45) is 5.42. The Balaban J connectivity index is 1.56. The summed E-state index contributed by atoms with van der Waals surface area (Å²) in [6, 6.07) is 10.2. The number of pyridine rings is 1. The molecule has 2 aromatic heterocycles.